The van der Waals surface area contributed by atoms with Gasteiger partial charge in [-0.25, -0.2) is 0 Å². The predicted molar refractivity (Wildman–Crippen MR) is 152 cm³/mol. The molecule has 0 fully saturated rings. The van der Waals surface area contributed by atoms with E-state index in [1.54, 1.807) is 0 Å². The zero-order valence-corrected chi connectivity index (χ0v) is 25.9. The van der Waals surface area contributed by atoms with Crippen molar-refractivity contribution in [2.45, 2.75) is 103 Å². The molecule has 2 atom stereocenters. The number of benzene rings is 1. The standard InChI is InChI=1S/C30H44O4Si2/c1-29(2,3)35(7,8)33-27-13-14-28(34-36(9,10)30(4,5)6)24-18-20-16-22-21(15-19(20)17-23(24)27)25(31)11-12-26(22)32/h11-14,21-22H,15-18H2,1-10H3/t21-,22+. The number of hydrogen-bond acceptors (Lipinski definition) is 4. The Hall–Kier alpha value is -1.93. The fourth-order valence-electron chi connectivity index (χ4n) is 5.02. The first-order valence-corrected chi connectivity index (χ1v) is 19.2. The Morgan fingerprint density at radius 2 is 1.00 bits per heavy atom. The van der Waals surface area contributed by atoms with Crippen molar-refractivity contribution in [3.8, 4) is 11.5 Å². The minimum atomic E-state index is -2.05. The van der Waals surface area contributed by atoms with E-state index in [-0.39, 0.29) is 33.5 Å². The molecule has 3 aliphatic carbocycles. The molecule has 3 aliphatic rings. The van der Waals surface area contributed by atoms with E-state index in [0.717, 1.165) is 24.3 Å². The highest BCUT2D eigenvalue weighted by Gasteiger charge is 2.44. The van der Waals surface area contributed by atoms with Crippen molar-refractivity contribution in [2.24, 2.45) is 11.8 Å². The van der Waals surface area contributed by atoms with Crippen molar-refractivity contribution in [3.63, 3.8) is 0 Å². The van der Waals surface area contributed by atoms with Crippen LogP contribution in [0.15, 0.2) is 35.4 Å². The number of carbonyl (C=O) groups excluding carboxylic acids is 2. The van der Waals surface area contributed by atoms with Gasteiger partial charge in [-0.3, -0.25) is 9.59 Å². The van der Waals surface area contributed by atoms with Crippen LogP contribution in [0.4, 0.5) is 0 Å². The van der Waals surface area contributed by atoms with E-state index in [1.807, 2.05) is 0 Å². The molecule has 0 unspecified atom stereocenters. The van der Waals surface area contributed by atoms with Gasteiger partial charge in [0.25, 0.3) is 0 Å². The van der Waals surface area contributed by atoms with Gasteiger partial charge in [0.15, 0.2) is 11.6 Å². The number of fused-ring (bicyclic) bond motifs is 2. The van der Waals surface area contributed by atoms with Gasteiger partial charge in [-0.15, -0.1) is 0 Å². The van der Waals surface area contributed by atoms with Gasteiger partial charge in [0.05, 0.1) is 0 Å². The van der Waals surface area contributed by atoms with Crippen molar-refractivity contribution in [2.75, 3.05) is 0 Å². The third-order valence-electron chi connectivity index (χ3n) is 9.53. The van der Waals surface area contributed by atoms with Crippen LogP contribution in [-0.2, 0) is 22.4 Å². The third-order valence-corrected chi connectivity index (χ3v) is 18.2. The van der Waals surface area contributed by atoms with Gasteiger partial charge in [-0.2, -0.15) is 0 Å². The minimum Gasteiger partial charge on any atom is -0.543 e. The lowest BCUT2D eigenvalue weighted by Crippen LogP contribution is -2.45. The van der Waals surface area contributed by atoms with Gasteiger partial charge in [-0.05, 0) is 86.2 Å². The average Bonchev–Trinajstić information content (AvgIpc) is 2.74. The molecule has 196 valence electrons. The third kappa shape index (κ3) is 4.83. The molecule has 0 amide bonds. The van der Waals surface area contributed by atoms with Gasteiger partial charge in [0.2, 0.25) is 16.6 Å². The van der Waals surface area contributed by atoms with Crippen LogP contribution < -0.4 is 8.85 Å². The van der Waals surface area contributed by atoms with Crippen LogP contribution >= 0.6 is 0 Å². The van der Waals surface area contributed by atoms with E-state index in [2.05, 4.69) is 79.9 Å². The van der Waals surface area contributed by atoms with Crippen LogP contribution in [-0.4, -0.2) is 28.2 Å². The molecule has 0 saturated heterocycles. The van der Waals surface area contributed by atoms with Gasteiger partial charge in [-0.1, -0.05) is 52.7 Å². The normalized spacial score (nSPS) is 22.7. The Morgan fingerprint density at radius 3 is 1.31 bits per heavy atom. The van der Waals surface area contributed by atoms with Crippen molar-refractivity contribution in [1.82, 2.24) is 0 Å². The van der Waals surface area contributed by atoms with E-state index in [1.165, 1.54) is 34.4 Å². The molecule has 0 bridgehead atoms. The second-order valence-electron chi connectivity index (χ2n) is 14.1. The molecule has 4 rings (SSSR count). The highest BCUT2D eigenvalue weighted by molar-refractivity contribution is 6.75. The van der Waals surface area contributed by atoms with E-state index in [4.69, 9.17) is 8.85 Å². The summed E-state index contributed by atoms with van der Waals surface area (Å²) in [6, 6.07) is 4.24. The van der Waals surface area contributed by atoms with Gasteiger partial charge < -0.3 is 8.85 Å². The number of carbonyl (C=O) groups is 2. The summed E-state index contributed by atoms with van der Waals surface area (Å²) >= 11 is 0. The Kier molecular flexibility index (Phi) is 6.65. The van der Waals surface area contributed by atoms with E-state index < -0.39 is 16.6 Å². The summed E-state index contributed by atoms with van der Waals surface area (Å²) in [4.78, 5) is 25.3. The van der Waals surface area contributed by atoms with Crippen molar-refractivity contribution in [3.05, 3.63) is 46.6 Å². The lowest BCUT2D eigenvalue weighted by Gasteiger charge is -2.41. The minimum absolute atomic E-state index is 0.0918. The summed E-state index contributed by atoms with van der Waals surface area (Å²) in [6.07, 6.45) is 5.89. The Labute approximate surface area is 219 Å². The number of allylic oxidation sites excluding steroid dienone is 4. The maximum absolute atomic E-state index is 12.7. The van der Waals surface area contributed by atoms with Crippen LogP contribution in [0.1, 0.15) is 65.5 Å². The molecule has 6 heteroatoms. The monoisotopic (exact) mass is 524 g/mol. The lowest BCUT2D eigenvalue weighted by molar-refractivity contribution is -0.129. The zero-order chi connectivity index (χ0) is 26.8. The van der Waals surface area contributed by atoms with Gasteiger partial charge >= 0.3 is 0 Å². The summed E-state index contributed by atoms with van der Waals surface area (Å²) in [6.45, 7) is 22.7. The maximum Gasteiger partial charge on any atom is 0.250 e. The second kappa shape index (κ2) is 8.83. The average molecular weight is 525 g/mol. The second-order valence-corrected chi connectivity index (χ2v) is 23.5. The highest BCUT2D eigenvalue weighted by Crippen LogP contribution is 2.49. The molecule has 0 spiro atoms. The van der Waals surface area contributed by atoms with Crippen LogP contribution in [0.25, 0.3) is 0 Å². The van der Waals surface area contributed by atoms with Crippen molar-refractivity contribution >= 4 is 28.2 Å². The molecular weight excluding hydrogens is 480 g/mol. The van der Waals surface area contributed by atoms with Gasteiger partial charge in [0.1, 0.15) is 11.5 Å². The highest BCUT2D eigenvalue weighted by atomic mass is 28.4. The van der Waals surface area contributed by atoms with Gasteiger partial charge in [0, 0.05) is 23.0 Å². The van der Waals surface area contributed by atoms with Crippen LogP contribution in [0.2, 0.25) is 36.3 Å². The van der Waals surface area contributed by atoms with Crippen LogP contribution in [0, 0.1) is 11.8 Å². The molecule has 0 N–H and O–H groups in total. The molecule has 1 aromatic carbocycles. The zero-order valence-electron chi connectivity index (χ0n) is 23.9. The predicted octanol–water partition coefficient (Wildman–Crippen LogP) is 7.58. The first kappa shape index (κ1) is 27.1. The number of rotatable bonds is 4. The molecule has 0 aliphatic heterocycles. The first-order chi connectivity index (χ1) is 16.4. The van der Waals surface area contributed by atoms with Crippen molar-refractivity contribution < 1.29 is 18.4 Å². The number of hydrogen-bond donors (Lipinski definition) is 0. The quantitative estimate of drug-likeness (QED) is 0.301. The fourth-order valence-corrected chi connectivity index (χ4v) is 7.11. The summed E-state index contributed by atoms with van der Waals surface area (Å²) in [5.41, 5.74) is 5.09. The SMILES string of the molecule is CC(C)(C)[Si](C)(C)Oc1ccc(O[Si](C)(C)C(C)(C)C)c2c1CC1=C(C2)C[C@H]2C(=O)C=CC(=O)[C@H]2C1. The van der Waals surface area contributed by atoms with E-state index in [0.29, 0.717) is 12.8 Å². The van der Waals surface area contributed by atoms with E-state index in [9.17, 15) is 9.59 Å². The molecule has 0 saturated carbocycles. The molecular formula is C30H44O4Si2. The molecule has 0 radical (unpaired) electrons. The molecule has 1 aromatic rings. The summed E-state index contributed by atoms with van der Waals surface area (Å²) < 4.78 is 13.8. The topological polar surface area (TPSA) is 52.6 Å². The Balaban J connectivity index is 1.77. The smallest absolute Gasteiger partial charge is 0.250 e. The molecule has 0 heterocycles. The summed E-state index contributed by atoms with van der Waals surface area (Å²) in [7, 11) is -4.09. The first-order valence-electron chi connectivity index (χ1n) is 13.4. The molecule has 0 aromatic heterocycles. The maximum atomic E-state index is 12.7. The molecule has 36 heavy (non-hydrogen) atoms. The Bertz CT molecular complexity index is 1070. The van der Waals surface area contributed by atoms with Crippen LogP contribution in [0.5, 0.6) is 11.5 Å². The van der Waals surface area contributed by atoms with E-state index >= 15 is 0 Å². The Morgan fingerprint density at radius 1 is 0.667 bits per heavy atom. The summed E-state index contributed by atoms with van der Waals surface area (Å²) in [5, 5.41) is 0.184. The fraction of sp³-hybridized carbons (Fsp3) is 0.600. The summed E-state index contributed by atoms with van der Waals surface area (Å²) in [5.74, 6) is 1.73. The lowest BCUT2D eigenvalue weighted by atomic mass is 9.66. The van der Waals surface area contributed by atoms with Crippen LogP contribution in [0.3, 0.4) is 0 Å². The molecule has 4 nitrogen and oxygen atoms in total. The largest absolute Gasteiger partial charge is 0.543 e. The number of ketones is 2. The van der Waals surface area contributed by atoms with Crippen molar-refractivity contribution in [1.29, 1.82) is 0 Å².